The number of aromatic hydroxyl groups is 1. The molecule has 0 saturated carbocycles. The summed E-state index contributed by atoms with van der Waals surface area (Å²) in [5, 5.41) is 23.8. The molecular weight excluding hydrogens is 413 g/mol. The van der Waals surface area contributed by atoms with Gasteiger partial charge in [-0.05, 0) is 42.0 Å². The Morgan fingerprint density at radius 1 is 1.11 bits per heavy atom. The van der Waals surface area contributed by atoms with Crippen LogP contribution in [-0.4, -0.2) is 29.5 Å². The van der Waals surface area contributed by atoms with Crippen molar-refractivity contribution in [3.05, 3.63) is 62.6 Å². The molecule has 3 N–H and O–H groups in total. The maximum Gasteiger partial charge on any atom is 0.251 e. The van der Waals surface area contributed by atoms with Gasteiger partial charge in [-0.25, -0.2) is 0 Å². The molecule has 140 valence electrons. The van der Waals surface area contributed by atoms with Gasteiger partial charge in [0.25, 0.3) is 5.91 Å². The van der Waals surface area contributed by atoms with Crippen molar-refractivity contribution in [1.29, 1.82) is 5.26 Å². The number of benzene rings is 2. The Hall–Kier alpha value is -2.46. The molecule has 1 atom stereocenters. The van der Waals surface area contributed by atoms with E-state index in [1.807, 2.05) is 0 Å². The van der Waals surface area contributed by atoms with E-state index in [0.717, 1.165) is 0 Å². The number of carbonyl (C=O) groups excluding carboxylic acids is 2. The van der Waals surface area contributed by atoms with Crippen molar-refractivity contribution in [1.82, 2.24) is 10.6 Å². The van der Waals surface area contributed by atoms with Crippen molar-refractivity contribution >= 4 is 46.6 Å². The van der Waals surface area contributed by atoms with E-state index in [1.165, 1.54) is 24.3 Å². The van der Waals surface area contributed by atoms with Gasteiger partial charge >= 0.3 is 0 Å². The zero-order valence-corrected chi connectivity index (χ0v) is 16.1. The molecule has 0 radical (unpaired) electrons. The summed E-state index contributed by atoms with van der Waals surface area (Å²) >= 11 is 17.6. The average molecular weight is 427 g/mol. The topological polar surface area (TPSA) is 102 Å². The van der Waals surface area contributed by atoms with Crippen LogP contribution >= 0.6 is 34.8 Å². The van der Waals surface area contributed by atoms with Crippen LogP contribution in [0.4, 0.5) is 0 Å². The predicted octanol–water partition coefficient (Wildman–Crippen LogP) is 3.33. The Balaban J connectivity index is 2.23. The van der Waals surface area contributed by atoms with E-state index in [2.05, 4.69) is 10.6 Å². The lowest BCUT2D eigenvalue weighted by atomic mass is 10.0. The second-order valence-corrected chi connectivity index (χ2v) is 6.77. The van der Waals surface area contributed by atoms with E-state index < -0.39 is 17.9 Å². The van der Waals surface area contributed by atoms with Gasteiger partial charge < -0.3 is 15.7 Å². The van der Waals surface area contributed by atoms with Gasteiger partial charge in [0.05, 0.1) is 16.1 Å². The minimum atomic E-state index is -0.988. The molecule has 6 nitrogen and oxygen atoms in total. The average Bonchev–Trinajstić information content (AvgIpc) is 2.64. The fourth-order valence-electron chi connectivity index (χ4n) is 2.27. The largest absolute Gasteiger partial charge is 0.505 e. The Morgan fingerprint density at radius 3 is 2.26 bits per heavy atom. The molecule has 2 aromatic rings. The van der Waals surface area contributed by atoms with E-state index in [1.54, 1.807) is 18.2 Å². The van der Waals surface area contributed by atoms with Crippen LogP contribution in [0.25, 0.3) is 0 Å². The van der Waals surface area contributed by atoms with Crippen LogP contribution in [0.3, 0.4) is 0 Å². The first-order valence-electron chi connectivity index (χ1n) is 7.69. The molecule has 2 aromatic carbocycles. The lowest BCUT2D eigenvalue weighted by molar-refractivity contribution is -0.122. The van der Waals surface area contributed by atoms with Crippen LogP contribution in [0.1, 0.15) is 15.9 Å². The van der Waals surface area contributed by atoms with Crippen LogP contribution in [0.2, 0.25) is 15.1 Å². The molecular formula is C18H14Cl3N3O3. The SMILES string of the molecule is N#CCNC(=O)C(Cc1cc(Cl)c(O)c(Cl)c1)NC(=O)c1ccc(Cl)cc1. The number of nitrogens with one attached hydrogen (secondary N) is 2. The highest BCUT2D eigenvalue weighted by Crippen LogP contribution is 2.33. The minimum absolute atomic E-state index is 0.0257. The van der Waals surface area contributed by atoms with Gasteiger partial charge in [0, 0.05) is 17.0 Å². The van der Waals surface area contributed by atoms with E-state index in [-0.39, 0.29) is 28.8 Å². The second-order valence-electron chi connectivity index (χ2n) is 5.52. The smallest absolute Gasteiger partial charge is 0.251 e. The maximum absolute atomic E-state index is 12.4. The highest BCUT2D eigenvalue weighted by molar-refractivity contribution is 6.37. The quantitative estimate of drug-likeness (QED) is 0.617. The Morgan fingerprint density at radius 2 is 1.70 bits per heavy atom. The van der Waals surface area contributed by atoms with Crippen LogP contribution in [0.5, 0.6) is 5.75 Å². The van der Waals surface area contributed by atoms with Crippen molar-refractivity contribution in [3.63, 3.8) is 0 Å². The van der Waals surface area contributed by atoms with Gasteiger partial charge in [-0.2, -0.15) is 5.26 Å². The number of hydrogen-bond acceptors (Lipinski definition) is 4. The molecule has 0 bridgehead atoms. The number of carbonyl (C=O) groups is 2. The molecule has 1 unspecified atom stereocenters. The summed E-state index contributed by atoms with van der Waals surface area (Å²) in [6, 6.07) is 9.86. The molecule has 0 heterocycles. The van der Waals surface area contributed by atoms with Crippen LogP contribution in [0.15, 0.2) is 36.4 Å². The normalized spacial score (nSPS) is 11.3. The van der Waals surface area contributed by atoms with Crippen molar-refractivity contribution in [2.45, 2.75) is 12.5 Å². The molecule has 0 aliphatic heterocycles. The number of halogens is 3. The maximum atomic E-state index is 12.4. The molecule has 27 heavy (non-hydrogen) atoms. The number of phenols is 1. The molecule has 2 rings (SSSR count). The van der Waals surface area contributed by atoms with Gasteiger partial charge in [0.1, 0.15) is 12.6 Å². The zero-order chi connectivity index (χ0) is 20.0. The van der Waals surface area contributed by atoms with Crippen LogP contribution < -0.4 is 10.6 Å². The Kier molecular flexibility index (Phi) is 7.31. The third-order valence-corrected chi connectivity index (χ3v) is 4.41. The van der Waals surface area contributed by atoms with Crippen LogP contribution in [0, 0.1) is 11.3 Å². The summed E-state index contributed by atoms with van der Waals surface area (Å²) in [6.45, 7) is -0.205. The molecule has 0 aliphatic carbocycles. The molecule has 9 heteroatoms. The summed E-state index contributed by atoms with van der Waals surface area (Å²) < 4.78 is 0. The lowest BCUT2D eigenvalue weighted by Crippen LogP contribution is -2.48. The Bertz CT molecular complexity index is 872. The molecule has 0 saturated heterocycles. The minimum Gasteiger partial charge on any atom is -0.505 e. The van der Waals surface area contributed by atoms with Crippen LogP contribution in [-0.2, 0) is 11.2 Å². The van der Waals surface area contributed by atoms with Crippen molar-refractivity contribution in [2.24, 2.45) is 0 Å². The number of phenolic OH excluding ortho intramolecular Hbond substituents is 1. The van der Waals surface area contributed by atoms with Crippen molar-refractivity contribution < 1.29 is 14.7 Å². The number of nitriles is 1. The summed E-state index contributed by atoms with van der Waals surface area (Å²) in [5.41, 5.74) is 0.843. The molecule has 0 spiro atoms. The monoisotopic (exact) mass is 425 g/mol. The summed E-state index contributed by atoms with van der Waals surface area (Å²) in [7, 11) is 0. The second kappa shape index (κ2) is 9.47. The van der Waals surface area contributed by atoms with E-state index in [0.29, 0.717) is 16.1 Å². The van der Waals surface area contributed by atoms with Crippen molar-refractivity contribution in [3.8, 4) is 11.8 Å². The van der Waals surface area contributed by atoms with Gasteiger partial charge in [-0.3, -0.25) is 9.59 Å². The lowest BCUT2D eigenvalue weighted by Gasteiger charge is -2.18. The fourth-order valence-corrected chi connectivity index (χ4v) is 2.93. The number of hydrogen-bond donors (Lipinski definition) is 3. The van der Waals surface area contributed by atoms with Gasteiger partial charge in [0.15, 0.2) is 5.75 Å². The predicted molar refractivity (Wildman–Crippen MR) is 103 cm³/mol. The third kappa shape index (κ3) is 5.76. The molecule has 0 aliphatic rings. The first-order chi connectivity index (χ1) is 12.8. The van der Waals surface area contributed by atoms with Gasteiger partial charge in [0.2, 0.25) is 5.91 Å². The fraction of sp³-hybridized carbons (Fsp3) is 0.167. The van der Waals surface area contributed by atoms with Gasteiger partial charge in [-0.15, -0.1) is 0 Å². The van der Waals surface area contributed by atoms with Crippen molar-refractivity contribution in [2.75, 3.05) is 6.54 Å². The Labute approximate surface area is 170 Å². The first kappa shape index (κ1) is 20.8. The molecule has 0 fully saturated rings. The molecule has 0 aromatic heterocycles. The molecule has 2 amide bonds. The summed E-state index contributed by atoms with van der Waals surface area (Å²) in [4.78, 5) is 24.8. The van der Waals surface area contributed by atoms with E-state index in [9.17, 15) is 14.7 Å². The number of rotatable bonds is 6. The third-order valence-electron chi connectivity index (χ3n) is 3.59. The highest BCUT2D eigenvalue weighted by atomic mass is 35.5. The summed E-state index contributed by atoms with van der Waals surface area (Å²) in [6.07, 6.45) is 0.0519. The standard InChI is InChI=1S/C18H14Cl3N3O3/c19-12-3-1-11(2-4-12)17(26)24-15(18(27)23-6-5-22)9-10-7-13(20)16(25)14(21)8-10/h1-4,7-8,15,25H,6,9H2,(H,23,27)(H,24,26). The first-order valence-corrected chi connectivity index (χ1v) is 8.83. The van der Waals surface area contributed by atoms with E-state index >= 15 is 0 Å². The highest BCUT2D eigenvalue weighted by Gasteiger charge is 2.22. The zero-order valence-electron chi connectivity index (χ0n) is 13.8. The van der Waals surface area contributed by atoms with Gasteiger partial charge in [-0.1, -0.05) is 34.8 Å². The number of amides is 2. The van der Waals surface area contributed by atoms with E-state index in [4.69, 9.17) is 40.1 Å². The summed E-state index contributed by atoms with van der Waals surface area (Å²) in [5.74, 6) is -1.29. The number of nitrogens with zero attached hydrogens (tertiary/aromatic N) is 1.